The predicted molar refractivity (Wildman–Crippen MR) is 133 cm³/mol. The van der Waals surface area contributed by atoms with Gasteiger partial charge in [0, 0.05) is 0 Å². The lowest BCUT2D eigenvalue weighted by molar-refractivity contribution is -0.153. The molecule has 0 aromatic carbocycles. The van der Waals surface area contributed by atoms with Crippen LogP contribution < -0.4 is 0 Å². The maximum Gasteiger partial charge on any atom is 0.309 e. The third-order valence-corrected chi connectivity index (χ3v) is 7.28. The Morgan fingerprint density at radius 3 is 1.53 bits per heavy atom. The number of allylic oxidation sites excluding steroid dienone is 2. The van der Waals surface area contributed by atoms with Gasteiger partial charge in [-0.2, -0.15) is 0 Å². The average molecular weight is 423 g/mol. The molecular weight excluding hydrogens is 368 g/mol. The van der Waals surface area contributed by atoms with Crippen molar-refractivity contribution in [3.63, 3.8) is 0 Å². The zero-order valence-corrected chi connectivity index (χ0v) is 21.0. The van der Waals surface area contributed by atoms with Crippen LogP contribution in [0.5, 0.6) is 0 Å². The lowest BCUT2D eigenvalue weighted by Crippen LogP contribution is -2.37. The van der Waals surface area contributed by atoms with E-state index in [0.717, 1.165) is 25.7 Å². The molecule has 0 fully saturated rings. The summed E-state index contributed by atoms with van der Waals surface area (Å²) in [6.07, 6.45) is 28.4. The molecule has 1 atom stereocenters. The highest BCUT2D eigenvalue weighted by Gasteiger charge is 2.41. The molecule has 0 aromatic rings. The van der Waals surface area contributed by atoms with Gasteiger partial charge in [-0.1, -0.05) is 117 Å². The van der Waals surface area contributed by atoms with Crippen LogP contribution in [0.1, 0.15) is 150 Å². The van der Waals surface area contributed by atoms with Gasteiger partial charge in [0.05, 0.1) is 5.41 Å². The number of carboxylic acids is 1. The van der Waals surface area contributed by atoms with Crippen LogP contribution in [0.15, 0.2) is 12.2 Å². The van der Waals surface area contributed by atoms with Crippen LogP contribution in [0.4, 0.5) is 0 Å². The van der Waals surface area contributed by atoms with E-state index in [4.69, 9.17) is 0 Å². The summed E-state index contributed by atoms with van der Waals surface area (Å²) in [6, 6.07) is 0. The van der Waals surface area contributed by atoms with Crippen LogP contribution in [0.25, 0.3) is 0 Å². The highest BCUT2D eigenvalue weighted by atomic mass is 16.4. The molecule has 0 heterocycles. The fourth-order valence-corrected chi connectivity index (χ4v) is 4.99. The second kappa shape index (κ2) is 20.1. The fourth-order valence-electron chi connectivity index (χ4n) is 4.99. The summed E-state index contributed by atoms with van der Waals surface area (Å²) >= 11 is 0. The van der Waals surface area contributed by atoms with E-state index in [2.05, 4.69) is 26.0 Å². The third kappa shape index (κ3) is 12.8. The topological polar surface area (TPSA) is 37.3 Å². The van der Waals surface area contributed by atoms with Crippen molar-refractivity contribution in [3.05, 3.63) is 12.2 Å². The highest BCUT2D eigenvalue weighted by molar-refractivity contribution is 5.74. The fraction of sp³-hybridized carbons (Fsp3) is 0.893. The van der Waals surface area contributed by atoms with E-state index in [-0.39, 0.29) is 0 Å². The summed E-state index contributed by atoms with van der Waals surface area (Å²) in [7, 11) is 0. The molecular formula is C28H54O2. The summed E-state index contributed by atoms with van der Waals surface area (Å²) in [5.74, 6) is -0.256. The number of carboxylic acid groups (broad SMARTS) is 1. The van der Waals surface area contributed by atoms with Crippen LogP contribution in [-0.2, 0) is 4.79 Å². The minimum atomic E-state index is -0.583. The summed E-state index contributed by atoms with van der Waals surface area (Å²) in [5.41, 5.74) is -0.503. The van der Waals surface area contributed by atoms with Gasteiger partial charge in [0.1, 0.15) is 0 Å². The monoisotopic (exact) mass is 422 g/mol. The summed E-state index contributed by atoms with van der Waals surface area (Å²) in [5, 5.41) is 9.76. The van der Waals surface area contributed by atoms with Gasteiger partial charge in [-0.15, -0.1) is 0 Å². The zero-order valence-electron chi connectivity index (χ0n) is 21.0. The first-order valence-corrected chi connectivity index (χ1v) is 13.5. The molecule has 0 saturated carbocycles. The van der Waals surface area contributed by atoms with Crippen molar-refractivity contribution >= 4 is 5.97 Å². The normalized spacial score (nSPS) is 13.2. The number of rotatable bonds is 22. The van der Waals surface area contributed by atoms with Crippen molar-refractivity contribution in [3.8, 4) is 0 Å². The Bertz CT molecular complexity index is 409. The van der Waals surface area contributed by atoms with E-state index in [1.807, 2.05) is 13.8 Å². The Kier molecular flexibility index (Phi) is 19.6. The van der Waals surface area contributed by atoms with Gasteiger partial charge < -0.3 is 5.11 Å². The van der Waals surface area contributed by atoms with Crippen molar-refractivity contribution in [2.75, 3.05) is 0 Å². The quantitative estimate of drug-likeness (QED) is 0.139. The zero-order chi connectivity index (χ0) is 22.5. The predicted octanol–water partition coefficient (Wildman–Crippen LogP) is 9.72. The molecule has 0 radical (unpaired) electrons. The minimum Gasteiger partial charge on any atom is -0.481 e. The SMILES string of the molecule is CCCCCCCC/C=C\CCCCCCCCCC(CC)C(CC)(CC)C(=O)O. The molecule has 0 aliphatic rings. The van der Waals surface area contributed by atoms with E-state index in [9.17, 15) is 9.90 Å². The Morgan fingerprint density at radius 2 is 1.13 bits per heavy atom. The van der Waals surface area contributed by atoms with E-state index >= 15 is 0 Å². The highest BCUT2D eigenvalue weighted by Crippen LogP contribution is 2.40. The molecule has 0 aliphatic carbocycles. The first-order chi connectivity index (χ1) is 14.6. The Hall–Kier alpha value is -0.790. The Morgan fingerprint density at radius 1 is 0.700 bits per heavy atom. The van der Waals surface area contributed by atoms with Gasteiger partial charge in [-0.05, 0) is 50.9 Å². The molecule has 2 heteroatoms. The van der Waals surface area contributed by atoms with Gasteiger partial charge in [-0.25, -0.2) is 0 Å². The van der Waals surface area contributed by atoms with Crippen molar-refractivity contribution in [2.24, 2.45) is 11.3 Å². The molecule has 0 saturated heterocycles. The molecule has 0 aromatic heterocycles. The number of aliphatic carboxylic acids is 1. The molecule has 0 aliphatic heterocycles. The minimum absolute atomic E-state index is 0.327. The molecule has 1 unspecified atom stereocenters. The van der Waals surface area contributed by atoms with Crippen molar-refractivity contribution < 1.29 is 9.90 Å². The summed E-state index contributed by atoms with van der Waals surface area (Å²) < 4.78 is 0. The van der Waals surface area contributed by atoms with Crippen LogP contribution in [0, 0.1) is 11.3 Å². The first kappa shape index (κ1) is 29.2. The average Bonchev–Trinajstić information content (AvgIpc) is 2.75. The number of unbranched alkanes of at least 4 members (excludes halogenated alkanes) is 13. The third-order valence-electron chi connectivity index (χ3n) is 7.28. The maximum absolute atomic E-state index is 11.9. The smallest absolute Gasteiger partial charge is 0.309 e. The summed E-state index contributed by atoms with van der Waals surface area (Å²) in [6.45, 7) is 8.53. The van der Waals surface area contributed by atoms with Gasteiger partial charge in [-0.3, -0.25) is 4.79 Å². The van der Waals surface area contributed by atoms with Gasteiger partial charge in [0.2, 0.25) is 0 Å². The second-order valence-corrected chi connectivity index (χ2v) is 9.35. The lowest BCUT2D eigenvalue weighted by Gasteiger charge is -2.35. The molecule has 1 N–H and O–H groups in total. The molecule has 2 nitrogen and oxygen atoms in total. The standard InChI is InChI=1S/C28H54O2/c1-5-9-10-11-12-13-14-15-16-17-18-19-20-21-22-23-24-25-26(6-2)28(7-3,8-4)27(29)30/h15-16,26H,5-14,17-25H2,1-4H3,(H,29,30)/b16-15-. The second-order valence-electron chi connectivity index (χ2n) is 9.35. The van der Waals surface area contributed by atoms with E-state index in [0.29, 0.717) is 5.92 Å². The largest absolute Gasteiger partial charge is 0.481 e. The van der Waals surface area contributed by atoms with Crippen LogP contribution >= 0.6 is 0 Å². The van der Waals surface area contributed by atoms with Crippen molar-refractivity contribution in [1.82, 2.24) is 0 Å². The van der Waals surface area contributed by atoms with Crippen LogP contribution in [0.3, 0.4) is 0 Å². The van der Waals surface area contributed by atoms with Gasteiger partial charge in [0.25, 0.3) is 0 Å². The number of carbonyl (C=O) groups is 1. The van der Waals surface area contributed by atoms with Gasteiger partial charge >= 0.3 is 5.97 Å². The molecule has 0 spiro atoms. The molecule has 30 heavy (non-hydrogen) atoms. The van der Waals surface area contributed by atoms with Crippen LogP contribution in [0.2, 0.25) is 0 Å². The number of hydrogen-bond donors (Lipinski definition) is 1. The first-order valence-electron chi connectivity index (χ1n) is 13.5. The van der Waals surface area contributed by atoms with Crippen molar-refractivity contribution in [1.29, 1.82) is 0 Å². The lowest BCUT2D eigenvalue weighted by atomic mass is 9.68. The summed E-state index contributed by atoms with van der Waals surface area (Å²) in [4.78, 5) is 11.9. The van der Waals surface area contributed by atoms with Gasteiger partial charge in [0.15, 0.2) is 0 Å². The molecule has 0 amide bonds. The van der Waals surface area contributed by atoms with E-state index in [1.165, 1.54) is 96.3 Å². The van der Waals surface area contributed by atoms with Crippen LogP contribution in [-0.4, -0.2) is 11.1 Å². The Balaban J connectivity index is 3.63. The molecule has 178 valence electrons. The number of hydrogen-bond acceptors (Lipinski definition) is 1. The Labute approximate surface area is 189 Å². The van der Waals surface area contributed by atoms with Crippen molar-refractivity contribution in [2.45, 2.75) is 150 Å². The van der Waals surface area contributed by atoms with E-state index < -0.39 is 11.4 Å². The van der Waals surface area contributed by atoms with E-state index in [1.54, 1.807) is 0 Å². The molecule has 0 bridgehead atoms. The maximum atomic E-state index is 11.9. The molecule has 0 rings (SSSR count).